The average Bonchev–Trinajstić information content (AvgIpc) is 2.50. The lowest BCUT2D eigenvalue weighted by atomic mass is 10.1. The molecule has 1 heterocycles. The number of piperidine rings is 1. The number of carbonyl (C=O) groups excluding carboxylic acids is 1. The van der Waals surface area contributed by atoms with E-state index in [-0.39, 0.29) is 11.7 Å². The van der Waals surface area contributed by atoms with Crippen molar-refractivity contribution in [3.05, 3.63) is 30.1 Å². The first kappa shape index (κ1) is 18.7. The minimum atomic E-state index is -3.81. The number of hydrogen-bond acceptors (Lipinski definition) is 4. The summed E-state index contributed by atoms with van der Waals surface area (Å²) in [6.45, 7) is 3.22. The lowest BCUT2D eigenvalue weighted by Gasteiger charge is -2.33. The third-order valence-corrected chi connectivity index (χ3v) is 5.47. The summed E-state index contributed by atoms with van der Waals surface area (Å²) in [5, 5.41) is 2.89. The van der Waals surface area contributed by atoms with Gasteiger partial charge in [0.05, 0.1) is 11.9 Å². The molecule has 1 aromatic carbocycles. The molecule has 1 fully saturated rings. The highest BCUT2D eigenvalue weighted by Gasteiger charge is 2.32. The molecular weight excluding hydrogens is 333 g/mol. The second kappa shape index (κ2) is 7.48. The molecular formula is C16H24FN3O3S. The number of benzene rings is 1. The van der Waals surface area contributed by atoms with Gasteiger partial charge in [-0.15, -0.1) is 0 Å². The maximum Gasteiger partial charge on any atom is 0.243 e. The minimum absolute atomic E-state index is 0.0122. The van der Waals surface area contributed by atoms with Crippen LogP contribution in [-0.4, -0.2) is 57.7 Å². The number of hydrogen-bond donors (Lipinski definition) is 1. The number of nitrogens with zero attached hydrogens (tertiary/aromatic N) is 2. The van der Waals surface area contributed by atoms with E-state index in [4.69, 9.17) is 0 Å². The van der Waals surface area contributed by atoms with Crippen LogP contribution in [0.15, 0.2) is 24.3 Å². The zero-order chi connectivity index (χ0) is 17.9. The zero-order valence-corrected chi connectivity index (χ0v) is 15.0. The fourth-order valence-electron chi connectivity index (χ4n) is 2.89. The highest BCUT2D eigenvalue weighted by Crippen LogP contribution is 2.24. The van der Waals surface area contributed by atoms with Crippen LogP contribution in [0.25, 0.3) is 0 Å². The molecule has 0 bridgehead atoms. The molecule has 0 unspecified atom stereocenters. The quantitative estimate of drug-likeness (QED) is 0.859. The molecule has 1 atom stereocenters. The molecule has 6 nitrogen and oxygen atoms in total. The van der Waals surface area contributed by atoms with Gasteiger partial charge in [0, 0.05) is 6.04 Å². The zero-order valence-electron chi connectivity index (χ0n) is 14.2. The largest absolute Gasteiger partial charge is 0.351 e. The van der Waals surface area contributed by atoms with Crippen LogP contribution in [0.3, 0.4) is 0 Å². The number of rotatable bonds is 5. The van der Waals surface area contributed by atoms with Gasteiger partial charge in [-0.2, -0.15) is 0 Å². The molecule has 0 saturated carbocycles. The number of para-hydroxylation sites is 1. The lowest BCUT2D eigenvalue weighted by molar-refractivity contribution is -0.122. The molecule has 0 aromatic heterocycles. The molecule has 0 radical (unpaired) electrons. The Labute approximate surface area is 142 Å². The van der Waals surface area contributed by atoms with Gasteiger partial charge < -0.3 is 10.2 Å². The highest BCUT2D eigenvalue weighted by atomic mass is 32.2. The predicted molar refractivity (Wildman–Crippen MR) is 91.8 cm³/mol. The number of likely N-dealkylation sites (tertiary alicyclic amines) is 1. The number of amides is 1. The molecule has 1 aliphatic rings. The monoisotopic (exact) mass is 357 g/mol. The van der Waals surface area contributed by atoms with E-state index >= 15 is 0 Å². The van der Waals surface area contributed by atoms with Gasteiger partial charge in [0.15, 0.2) is 0 Å². The molecule has 2 rings (SSSR count). The van der Waals surface area contributed by atoms with Crippen molar-refractivity contribution in [2.75, 3.05) is 30.7 Å². The number of sulfonamides is 1. The highest BCUT2D eigenvalue weighted by molar-refractivity contribution is 7.92. The first-order valence-electron chi connectivity index (χ1n) is 7.93. The van der Waals surface area contributed by atoms with Crippen molar-refractivity contribution in [3.63, 3.8) is 0 Å². The SMILES string of the molecule is C[C@@H](C(=O)NC1CCN(C)CC1)N(c1ccccc1F)S(C)(=O)=O. The number of carbonyl (C=O) groups is 1. The minimum Gasteiger partial charge on any atom is -0.351 e. The van der Waals surface area contributed by atoms with Crippen molar-refractivity contribution in [3.8, 4) is 0 Å². The van der Waals surface area contributed by atoms with Gasteiger partial charge in [0.2, 0.25) is 15.9 Å². The fraction of sp³-hybridized carbons (Fsp3) is 0.562. The summed E-state index contributed by atoms with van der Waals surface area (Å²) < 4.78 is 39.2. The third-order valence-electron chi connectivity index (χ3n) is 4.24. The summed E-state index contributed by atoms with van der Waals surface area (Å²) in [4.78, 5) is 14.7. The summed E-state index contributed by atoms with van der Waals surface area (Å²) in [5.74, 6) is -1.10. The Morgan fingerprint density at radius 2 is 1.92 bits per heavy atom. The van der Waals surface area contributed by atoms with E-state index in [0.717, 1.165) is 36.5 Å². The van der Waals surface area contributed by atoms with E-state index < -0.39 is 27.8 Å². The molecule has 1 aromatic rings. The van der Waals surface area contributed by atoms with Gasteiger partial charge in [-0.25, -0.2) is 12.8 Å². The van der Waals surface area contributed by atoms with Crippen LogP contribution in [0.5, 0.6) is 0 Å². The van der Waals surface area contributed by atoms with Crippen LogP contribution in [0, 0.1) is 5.82 Å². The predicted octanol–water partition coefficient (Wildman–Crippen LogP) is 1.19. The van der Waals surface area contributed by atoms with Gasteiger partial charge >= 0.3 is 0 Å². The van der Waals surface area contributed by atoms with Crippen molar-refractivity contribution in [2.24, 2.45) is 0 Å². The molecule has 24 heavy (non-hydrogen) atoms. The maximum atomic E-state index is 14.1. The van der Waals surface area contributed by atoms with E-state index in [1.165, 1.54) is 31.2 Å². The molecule has 0 aliphatic carbocycles. The standard InChI is InChI=1S/C16H24FN3O3S/c1-12(16(21)18-13-8-10-19(2)11-9-13)20(24(3,22)23)15-7-5-4-6-14(15)17/h4-7,12-13H,8-11H2,1-3H3,(H,18,21)/t12-/m0/s1. The second-order valence-corrected chi connectivity index (χ2v) is 8.13. The second-order valence-electron chi connectivity index (χ2n) is 6.27. The first-order chi connectivity index (χ1) is 11.2. The summed E-state index contributed by atoms with van der Waals surface area (Å²) in [5.41, 5.74) is -0.119. The van der Waals surface area contributed by atoms with Crippen LogP contribution < -0.4 is 9.62 Å². The Kier molecular flexibility index (Phi) is 5.82. The molecule has 1 aliphatic heterocycles. The van der Waals surface area contributed by atoms with Crippen molar-refractivity contribution in [1.29, 1.82) is 0 Å². The smallest absolute Gasteiger partial charge is 0.243 e. The molecule has 1 saturated heterocycles. The summed E-state index contributed by atoms with van der Waals surface area (Å²) >= 11 is 0. The Bertz CT molecular complexity index is 688. The van der Waals surface area contributed by atoms with Crippen LogP contribution in [0.4, 0.5) is 10.1 Å². The van der Waals surface area contributed by atoms with Crippen LogP contribution in [0.1, 0.15) is 19.8 Å². The topological polar surface area (TPSA) is 69.7 Å². The van der Waals surface area contributed by atoms with Gasteiger partial charge in [-0.1, -0.05) is 12.1 Å². The number of anilines is 1. The van der Waals surface area contributed by atoms with Crippen molar-refractivity contribution >= 4 is 21.6 Å². The molecule has 8 heteroatoms. The van der Waals surface area contributed by atoms with Gasteiger partial charge in [0.25, 0.3) is 0 Å². The molecule has 1 amide bonds. The number of halogens is 1. The maximum absolute atomic E-state index is 14.1. The van der Waals surface area contributed by atoms with Crippen LogP contribution in [-0.2, 0) is 14.8 Å². The van der Waals surface area contributed by atoms with Crippen LogP contribution in [0.2, 0.25) is 0 Å². The third kappa shape index (κ3) is 4.45. The van der Waals surface area contributed by atoms with E-state index in [1.54, 1.807) is 0 Å². The Hall–Kier alpha value is -1.67. The normalized spacial score (nSPS) is 18.2. The van der Waals surface area contributed by atoms with Crippen molar-refractivity contribution in [2.45, 2.75) is 31.8 Å². The van der Waals surface area contributed by atoms with Gasteiger partial charge in [-0.3, -0.25) is 9.10 Å². The van der Waals surface area contributed by atoms with Crippen LogP contribution >= 0.6 is 0 Å². The van der Waals surface area contributed by atoms with E-state index in [1.807, 2.05) is 7.05 Å². The average molecular weight is 357 g/mol. The van der Waals surface area contributed by atoms with E-state index in [0.29, 0.717) is 0 Å². The van der Waals surface area contributed by atoms with Crippen molar-refractivity contribution in [1.82, 2.24) is 10.2 Å². The fourth-order valence-corrected chi connectivity index (χ4v) is 4.06. The molecule has 1 N–H and O–H groups in total. The van der Waals surface area contributed by atoms with Gasteiger partial charge in [-0.05, 0) is 52.0 Å². The van der Waals surface area contributed by atoms with E-state index in [9.17, 15) is 17.6 Å². The summed E-state index contributed by atoms with van der Waals surface area (Å²) in [7, 11) is -1.79. The van der Waals surface area contributed by atoms with Gasteiger partial charge in [0.1, 0.15) is 11.9 Å². The summed E-state index contributed by atoms with van der Waals surface area (Å²) in [6.07, 6.45) is 2.60. The lowest BCUT2D eigenvalue weighted by Crippen LogP contribution is -2.52. The first-order valence-corrected chi connectivity index (χ1v) is 9.78. The van der Waals surface area contributed by atoms with E-state index in [2.05, 4.69) is 10.2 Å². The Morgan fingerprint density at radius 3 is 2.46 bits per heavy atom. The summed E-state index contributed by atoms with van der Waals surface area (Å²) in [6, 6.07) is 4.53. The Balaban J connectivity index is 2.18. The number of nitrogens with one attached hydrogen (secondary N) is 1. The molecule has 0 spiro atoms. The molecule has 134 valence electrons. The Morgan fingerprint density at radius 1 is 1.33 bits per heavy atom. The van der Waals surface area contributed by atoms with Crippen molar-refractivity contribution < 1.29 is 17.6 Å².